The van der Waals surface area contributed by atoms with E-state index in [0.717, 1.165) is 24.8 Å². The van der Waals surface area contributed by atoms with E-state index in [0.29, 0.717) is 23.6 Å². The average molecular weight is 443 g/mol. The maximum Gasteiger partial charge on any atom is 0.252 e. The minimum atomic E-state index is -0.704. The van der Waals surface area contributed by atoms with Gasteiger partial charge in [-0.1, -0.05) is 32.4 Å². The Labute approximate surface area is 188 Å². The molecular formula is C25H31FN2O4. The topological polar surface area (TPSA) is 76.7 Å². The summed E-state index contributed by atoms with van der Waals surface area (Å²) >= 11 is 0. The van der Waals surface area contributed by atoms with E-state index < -0.39 is 6.04 Å². The van der Waals surface area contributed by atoms with Crippen LogP contribution in [-0.2, 0) is 10.2 Å². The van der Waals surface area contributed by atoms with Crippen LogP contribution in [0.25, 0.3) is 0 Å². The lowest BCUT2D eigenvalue weighted by atomic mass is 9.64. The Morgan fingerprint density at radius 3 is 2.09 bits per heavy atom. The second-order valence-electron chi connectivity index (χ2n) is 8.66. The highest BCUT2D eigenvalue weighted by atomic mass is 19.1. The minimum Gasteiger partial charge on any atom is -0.497 e. The molecule has 0 aliphatic heterocycles. The number of amides is 2. The van der Waals surface area contributed by atoms with Gasteiger partial charge in [-0.15, -0.1) is 0 Å². The molecule has 0 spiro atoms. The van der Waals surface area contributed by atoms with Crippen LogP contribution in [0.15, 0.2) is 42.5 Å². The molecule has 1 aliphatic carbocycles. The molecule has 2 aromatic rings. The molecule has 1 saturated carbocycles. The summed E-state index contributed by atoms with van der Waals surface area (Å²) in [6.07, 6.45) is 2.93. The van der Waals surface area contributed by atoms with Gasteiger partial charge < -0.3 is 20.1 Å². The van der Waals surface area contributed by atoms with Gasteiger partial charge in [0.2, 0.25) is 5.91 Å². The Morgan fingerprint density at radius 2 is 1.62 bits per heavy atom. The summed E-state index contributed by atoms with van der Waals surface area (Å²) in [6.45, 7) is 4.22. The molecule has 7 heteroatoms. The highest BCUT2D eigenvalue weighted by Gasteiger charge is 2.39. The van der Waals surface area contributed by atoms with E-state index in [9.17, 15) is 14.0 Å². The summed E-state index contributed by atoms with van der Waals surface area (Å²) in [5, 5.41) is 5.87. The predicted octanol–water partition coefficient (Wildman–Crippen LogP) is 3.84. The van der Waals surface area contributed by atoms with E-state index in [2.05, 4.69) is 10.6 Å². The molecule has 172 valence electrons. The van der Waals surface area contributed by atoms with Crippen LogP contribution >= 0.6 is 0 Å². The normalized spacial score (nSPS) is 15.4. The number of benzene rings is 2. The van der Waals surface area contributed by atoms with E-state index >= 15 is 0 Å². The van der Waals surface area contributed by atoms with Crippen molar-refractivity contribution in [1.82, 2.24) is 10.6 Å². The molecule has 0 radical (unpaired) electrons. The van der Waals surface area contributed by atoms with E-state index in [4.69, 9.17) is 9.47 Å². The second kappa shape index (κ2) is 10.0. The first-order valence-corrected chi connectivity index (χ1v) is 10.9. The molecule has 2 amide bonds. The van der Waals surface area contributed by atoms with Crippen LogP contribution < -0.4 is 20.1 Å². The van der Waals surface area contributed by atoms with Crippen molar-refractivity contribution in [2.45, 2.75) is 44.6 Å². The number of halogens is 1. The van der Waals surface area contributed by atoms with Crippen molar-refractivity contribution in [2.24, 2.45) is 5.92 Å². The van der Waals surface area contributed by atoms with Gasteiger partial charge in [-0.3, -0.25) is 9.59 Å². The van der Waals surface area contributed by atoms with Crippen LogP contribution in [0.1, 0.15) is 49.0 Å². The fourth-order valence-electron chi connectivity index (χ4n) is 4.04. The summed E-state index contributed by atoms with van der Waals surface area (Å²) in [5.41, 5.74) is 1.19. The van der Waals surface area contributed by atoms with Gasteiger partial charge in [0.1, 0.15) is 23.4 Å². The predicted molar refractivity (Wildman–Crippen MR) is 121 cm³/mol. The number of nitrogens with one attached hydrogen (secondary N) is 2. The maximum atomic E-state index is 13.3. The largest absolute Gasteiger partial charge is 0.497 e. The smallest absolute Gasteiger partial charge is 0.252 e. The number of rotatable bonds is 9. The monoisotopic (exact) mass is 442 g/mol. The lowest BCUT2D eigenvalue weighted by molar-refractivity contribution is -0.124. The van der Waals surface area contributed by atoms with E-state index in [1.54, 1.807) is 30.3 Å². The van der Waals surface area contributed by atoms with Gasteiger partial charge in [-0.05, 0) is 48.6 Å². The zero-order valence-electron chi connectivity index (χ0n) is 19.0. The highest BCUT2D eigenvalue weighted by molar-refractivity contribution is 5.98. The van der Waals surface area contributed by atoms with Crippen LogP contribution in [0.2, 0.25) is 0 Å². The molecule has 32 heavy (non-hydrogen) atoms. The van der Waals surface area contributed by atoms with Crippen LogP contribution in [-0.4, -0.2) is 38.6 Å². The van der Waals surface area contributed by atoms with Gasteiger partial charge >= 0.3 is 0 Å². The lowest BCUT2D eigenvalue weighted by Gasteiger charge is -2.43. The molecule has 0 saturated heterocycles. The fourth-order valence-corrected chi connectivity index (χ4v) is 4.04. The third-order valence-corrected chi connectivity index (χ3v) is 6.22. The summed E-state index contributed by atoms with van der Waals surface area (Å²) in [7, 11) is 3.02. The van der Waals surface area contributed by atoms with Crippen LogP contribution in [0.4, 0.5) is 4.39 Å². The Hall–Kier alpha value is -3.09. The first-order valence-electron chi connectivity index (χ1n) is 10.9. The van der Waals surface area contributed by atoms with Gasteiger partial charge in [0.05, 0.1) is 14.2 Å². The molecule has 0 aromatic heterocycles. The van der Waals surface area contributed by atoms with E-state index in [-0.39, 0.29) is 29.0 Å². The fraction of sp³-hybridized carbons (Fsp3) is 0.440. The molecule has 6 nitrogen and oxygen atoms in total. The number of carbonyl (C=O) groups is 2. The maximum absolute atomic E-state index is 13.3. The van der Waals surface area contributed by atoms with Crippen molar-refractivity contribution in [1.29, 1.82) is 0 Å². The Bertz CT molecular complexity index is 933. The molecule has 1 unspecified atom stereocenters. The molecule has 3 rings (SSSR count). The highest BCUT2D eigenvalue weighted by Crippen LogP contribution is 2.43. The quantitative estimate of drug-likeness (QED) is 0.619. The Kier molecular flexibility index (Phi) is 7.38. The average Bonchev–Trinajstić information content (AvgIpc) is 2.76. The summed E-state index contributed by atoms with van der Waals surface area (Å²) in [5.74, 6) is -0.0271. The number of hydrogen-bond acceptors (Lipinski definition) is 4. The van der Waals surface area contributed by atoms with Crippen molar-refractivity contribution in [3.05, 3.63) is 59.4 Å². The molecule has 0 bridgehead atoms. The molecule has 2 aromatic carbocycles. The number of methoxy groups -OCH3 is 2. The third kappa shape index (κ3) is 5.21. The third-order valence-electron chi connectivity index (χ3n) is 6.22. The zero-order valence-corrected chi connectivity index (χ0v) is 19.0. The number of carbonyl (C=O) groups excluding carboxylic acids is 2. The van der Waals surface area contributed by atoms with Gasteiger partial charge in [0.25, 0.3) is 5.91 Å². The standard InChI is InChI=1S/C25H31FN2O4/c1-16(2)22(28-23(29)17-12-20(31-3)14-21(13-17)32-4)24(30)27-15-25(10-5-11-25)18-6-8-19(26)9-7-18/h6-9,12-14,16,22H,5,10-11,15H2,1-4H3,(H,27,30)(H,28,29). The van der Waals surface area contributed by atoms with Crippen molar-refractivity contribution >= 4 is 11.8 Å². The lowest BCUT2D eigenvalue weighted by Crippen LogP contribution is -2.53. The van der Waals surface area contributed by atoms with E-state index in [1.165, 1.54) is 26.4 Å². The van der Waals surface area contributed by atoms with Crippen LogP contribution in [0, 0.1) is 11.7 Å². The van der Waals surface area contributed by atoms with Crippen LogP contribution in [0.5, 0.6) is 11.5 Å². The Balaban J connectivity index is 1.69. The second-order valence-corrected chi connectivity index (χ2v) is 8.66. The molecule has 1 atom stereocenters. The van der Waals surface area contributed by atoms with Gasteiger partial charge in [-0.25, -0.2) is 4.39 Å². The molecule has 0 heterocycles. The molecule has 2 N–H and O–H groups in total. The first-order chi connectivity index (χ1) is 15.3. The molecule has 1 aliphatic rings. The Morgan fingerprint density at radius 1 is 1.03 bits per heavy atom. The molecular weight excluding hydrogens is 411 g/mol. The van der Waals surface area contributed by atoms with E-state index in [1.807, 2.05) is 13.8 Å². The summed E-state index contributed by atoms with van der Waals surface area (Å²) < 4.78 is 23.8. The van der Waals surface area contributed by atoms with Crippen molar-refractivity contribution in [3.63, 3.8) is 0 Å². The minimum absolute atomic E-state index is 0.116. The van der Waals surface area contributed by atoms with Gasteiger partial charge in [-0.2, -0.15) is 0 Å². The number of hydrogen-bond donors (Lipinski definition) is 2. The summed E-state index contributed by atoms with van der Waals surface area (Å²) in [4.78, 5) is 25.9. The van der Waals surface area contributed by atoms with Crippen molar-refractivity contribution in [2.75, 3.05) is 20.8 Å². The number of ether oxygens (including phenoxy) is 2. The van der Waals surface area contributed by atoms with Crippen molar-refractivity contribution in [3.8, 4) is 11.5 Å². The SMILES string of the molecule is COc1cc(OC)cc(C(=O)NC(C(=O)NCC2(c3ccc(F)cc3)CCC2)C(C)C)c1. The van der Waals surface area contributed by atoms with Gasteiger partial charge in [0, 0.05) is 23.6 Å². The first kappa shape index (κ1) is 23.6. The zero-order chi connectivity index (χ0) is 23.3. The summed E-state index contributed by atoms with van der Waals surface area (Å²) in [6, 6.07) is 10.7. The van der Waals surface area contributed by atoms with Gasteiger partial charge in [0.15, 0.2) is 0 Å². The molecule has 1 fully saturated rings. The van der Waals surface area contributed by atoms with Crippen molar-refractivity contribution < 1.29 is 23.5 Å². The van der Waals surface area contributed by atoms with Crippen LogP contribution in [0.3, 0.4) is 0 Å².